The molecule has 0 bridgehead atoms. The molecular formula is C16H13FN2O4. The molecule has 2 aromatic rings. The molecule has 1 atom stereocenters. The highest BCUT2D eigenvalue weighted by atomic mass is 19.1. The van der Waals surface area contributed by atoms with E-state index in [0.717, 1.165) is 23.3 Å². The molecule has 1 aliphatic rings. The van der Waals surface area contributed by atoms with Gasteiger partial charge in [0.1, 0.15) is 11.6 Å². The van der Waals surface area contributed by atoms with Crippen molar-refractivity contribution in [1.29, 1.82) is 0 Å². The summed E-state index contributed by atoms with van der Waals surface area (Å²) in [7, 11) is 0. The molecular weight excluding hydrogens is 303 g/mol. The number of non-ortho nitro benzene ring substituents is 1. The predicted molar refractivity (Wildman–Crippen MR) is 79.7 cm³/mol. The zero-order chi connectivity index (χ0) is 16.6. The Hall–Kier alpha value is -2.96. The molecule has 0 radical (unpaired) electrons. The van der Waals surface area contributed by atoms with Crippen molar-refractivity contribution in [3.05, 3.63) is 69.0 Å². The smallest absolute Gasteiger partial charge is 0.273 e. The molecule has 0 aliphatic heterocycles. The van der Waals surface area contributed by atoms with Gasteiger partial charge in [-0.3, -0.25) is 14.9 Å². The normalized spacial score (nSPS) is 16.0. The SMILES string of the molecule is O=C(N[C@H]1CCc2cc(F)ccc21)c1ccc([N+](=O)[O-])cc1O. The number of nitrogens with one attached hydrogen (secondary N) is 1. The van der Waals surface area contributed by atoms with Crippen molar-refractivity contribution in [2.75, 3.05) is 0 Å². The van der Waals surface area contributed by atoms with Gasteiger partial charge in [0.05, 0.1) is 22.6 Å². The van der Waals surface area contributed by atoms with E-state index in [-0.39, 0.29) is 23.1 Å². The third-order valence-corrected chi connectivity index (χ3v) is 3.92. The lowest BCUT2D eigenvalue weighted by Crippen LogP contribution is -2.27. The van der Waals surface area contributed by atoms with Crippen LogP contribution in [-0.4, -0.2) is 15.9 Å². The topological polar surface area (TPSA) is 92.5 Å². The molecule has 0 saturated heterocycles. The molecule has 0 fully saturated rings. The fourth-order valence-corrected chi connectivity index (χ4v) is 2.80. The van der Waals surface area contributed by atoms with Gasteiger partial charge in [0, 0.05) is 6.07 Å². The third-order valence-electron chi connectivity index (χ3n) is 3.92. The van der Waals surface area contributed by atoms with Crippen LogP contribution in [-0.2, 0) is 6.42 Å². The van der Waals surface area contributed by atoms with Crippen LogP contribution in [0.15, 0.2) is 36.4 Å². The quantitative estimate of drug-likeness (QED) is 0.672. The van der Waals surface area contributed by atoms with E-state index in [2.05, 4.69) is 5.32 Å². The molecule has 3 rings (SSSR count). The fourth-order valence-electron chi connectivity index (χ4n) is 2.80. The summed E-state index contributed by atoms with van der Waals surface area (Å²) in [6.07, 6.45) is 1.29. The van der Waals surface area contributed by atoms with E-state index in [1.54, 1.807) is 6.07 Å². The van der Waals surface area contributed by atoms with Crippen LogP contribution in [0.4, 0.5) is 10.1 Å². The first kappa shape index (κ1) is 15.0. The van der Waals surface area contributed by atoms with E-state index < -0.39 is 16.6 Å². The molecule has 1 aliphatic carbocycles. The Bertz CT molecular complexity index is 807. The molecule has 118 valence electrons. The molecule has 6 nitrogen and oxygen atoms in total. The van der Waals surface area contributed by atoms with Gasteiger partial charge in [-0.05, 0) is 42.2 Å². The summed E-state index contributed by atoms with van der Waals surface area (Å²) in [6, 6.07) is 7.46. The molecule has 23 heavy (non-hydrogen) atoms. The van der Waals surface area contributed by atoms with E-state index in [1.807, 2.05) is 0 Å². The van der Waals surface area contributed by atoms with E-state index in [0.29, 0.717) is 12.8 Å². The zero-order valence-electron chi connectivity index (χ0n) is 12.0. The minimum atomic E-state index is -0.650. The first-order valence-electron chi connectivity index (χ1n) is 7.02. The second kappa shape index (κ2) is 5.68. The second-order valence-corrected chi connectivity index (χ2v) is 5.37. The first-order valence-corrected chi connectivity index (χ1v) is 7.02. The largest absolute Gasteiger partial charge is 0.507 e. The average Bonchev–Trinajstić information content (AvgIpc) is 2.88. The van der Waals surface area contributed by atoms with Crippen LogP contribution >= 0.6 is 0 Å². The lowest BCUT2D eigenvalue weighted by molar-refractivity contribution is -0.384. The second-order valence-electron chi connectivity index (χ2n) is 5.37. The number of aromatic hydroxyl groups is 1. The highest BCUT2D eigenvalue weighted by molar-refractivity contribution is 5.97. The van der Waals surface area contributed by atoms with Crippen molar-refractivity contribution in [2.45, 2.75) is 18.9 Å². The number of nitrogens with zero attached hydrogens (tertiary/aromatic N) is 1. The highest BCUT2D eigenvalue weighted by Crippen LogP contribution is 2.32. The number of phenols is 1. The Labute approximate surface area is 130 Å². The van der Waals surface area contributed by atoms with Gasteiger partial charge in [-0.25, -0.2) is 4.39 Å². The Morgan fingerprint density at radius 2 is 2.09 bits per heavy atom. The number of carbonyl (C=O) groups excluding carboxylic acids is 1. The highest BCUT2D eigenvalue weighted by Gasteiger charge is 2.26. The molecule has 0 saturated carbocycles. The van der Waals surface area contributed by atoms with Gasteiger partial charge in [-0.2, -0.15) is 0 Å². The van der Waals surface area contributed by atoms with Gasteiger partial charge >= 0.3 is 0 Å². The maximum Gasteiger partial charge on any atom is 0.273 e. The summed E-state index contributed by atoms with van der Waals surface area (Å²) >= 11 is 0. The van der Waals surface area contributed by atoms with Crippen molar-refractivity contribution in [3.8, 4) is 5.75 Å². The minimum Gasteiger partial charge on any atom is -0.507 e. The van der Waals surface area contributed by atoms with Gasteiger partial charge < -0.3 is 10.4 Å². The van der Waals surface area contributed by atoms with Crippen LogP contribution in [0.3, 0.4) is 0 Å². The molecule has 0 heterocycles. The Morgan fingerprint density at radius 1 is 1.30 bits per heavy atom. The number of hydrogen-bond donors (Lipinski definition) is 2. The molecule has 2 aromatic carbocycles. The predicted octanol–water partition coefficient (Wildman–Crippen LogP) is 2.86. The number of benzene rings is 2. The van der Waals surface area contributed by atoms with Crippen molar-refractivity contribution < 1.29 is 19.2 Å². The summed E-state index contributed by atoms with van der Waals surface area (Å²) in [4.78, 5) is 22.3. The zero-order valence-corrected chi connectivity index (χ0v) is 12.0. The number of nitro benzene ring substituents is 1. The molecule has 0 aromatic heterocycles. The number of nitro groups is 1. The van der Waals surface area contributed by atoms with Gasteiger partial charge in [-0.1, -0.05) is 6.07 Å². The number of halogens is 1. The summed E-state index contributed by atoms with van der Waals surface area (Å²) in [5, 5.41) is 23.2. The monoisotopic (exact) mass is 316 g/mol. The van der Waals surface area contributed by atoms with Crippen LogP contribution in [0.5, 0.6) is 5.75 Å². The maximum atomic E-state index is 13.2. The van der Waals surface area contributed by atoms with Crippen LogP contribution < -0.4 is 5.32 Å². The Morgan fingerprint density at radius 3 is 2.78 bits per heavy atom. The van der Waals surface area contributed by atoms with Gasteiger partial charge in [0.2, 0.25) is 0 Å². The standard InChI is InChI=1S/C16H13FN2O4/c17-10-2-4-12-9(7-10)1-6-14(12)18-16(21)13-5-3-11(19(22)23)8-15(13)20/h2-5,7-8,14,20H,1,6H2,(H,18,21)/t14-/m0/s1. The van der Waals surface area contributed by atoms with Crippen molar-refractivity contribution in [1.82, 2.24) is 5.32 Å². The van der Waals surface area contributed by atoms with Gasteiger partial charge in [-0.15, -0.1) is 0 Å². The Kier molecular flexibility index (Phi) is 3.69. The minimum absolute atomic E-state index is 0.0360. The first-order chi connectivity index (χ1) is 11.0. The number of amides is 1. The number of hydrogen-bond acceptors (Lipinski definition) is 4. The molecule has 0 unspecified atom stereocenters. The van der Waals surface area contributed by atoms with Crippen molar-refractivity contribution in [3.63, 3.8) is 0 Å². The average molecular weight is 316 g/mol. The lowest BCUT2D eigenvalue weighted by Gasteiger charge is -2.14. The van der Waals surface area contributed by atoms with Crippen molar-refractivity contribution in [2.24, 2.45) is 0 Å². The van der Waals surface area contributed by atoms with E-state index >= 15 is 0 Å². The molecule has 2 N–H and O–H groups in total. The number of phenolic OH excluding ortho intramolecular Hbond substituents is 1. The van der Waals surface area contributed by atoms with Crippen LogP contribution in [0.1, 0.15) is 33.9 Å². The number of aryl methyl sites for hydroxylation is 1. The summed E-state index contributed by atoms with van der Waals surface area (Å²) in [5.74, 6) is -1.29. The van der Waals surface area contributed by atoms with Crippen LogP contribution in [0, 0.1) is 15.9 Å². The van der Waals surface area contributed by atoms with E-state index in [4.69, 9.17) is 0 Å². The Balaban J connectivity index is 1.80. The van der Waals surface area contributed by atoms with Gasteiger partial charge in [0.15, 0.2) is 0 Å². The van der Waals surface area contributed by atoms with Crippen LogP contribution in [0.2, 0.25) is 0 Å². The summed E-state index contributed by atoms with van der Waals surface area (Å²) < 4.78 is 13.2. The fraction of sp³-hybridized carbons (Fsp3) is 0.188. The van der Waals surface area contributed by atoms with Crippen LogP contribution in [0.25, 0.3) is 0 Å². The number of fused-ring (bicyclic) bond motifs is 1. The third kappa shape index (κ3) is 2.85. The molecule has 7 heteroatoms. The van der Waals surface area contributed by atoms with E-state index in [9.17, 15) is 24.4 Å². The number of rotatable bonds is 3. The number of carbonyl (C=O) groups is 1. The summed E-state index contributed by atoms with van der Waals surface area (Å²) in [5.41, 5.74) is 1.37. The van der Waals surface area contributed by atoms with E-state index in [1.165, 1.54) is 18.2 Å². The maximum absolute atomic E-state index is 13.2. The summed E-state index contributed by atoms with van der Waals surface area (Å²) in [6.45, 7) is 0. The lowest BCUT2D eigenvalue weighted by atomic mass is 10.1. The molecule has 1 amide bonds. The van der Waals surface area contributed by atoms with Crippen molar-refractivity contribution >= 4 is 11.6 Å². The van der Waals surface area contributed by atoms with Gasteiger partial charge in [0.25, 0.3) is 11.6 Å². The molecule has 0 spiro atoms.